The Morgan fingerprint density at radius 1 is 1.03 bits per heavy atom. The lowest BCUT2D eigenvalue weighted by atomic mass is 9.66. The molecule has 164 valence electrons. The Labute approximate surface area is 187 Å². The van der Waals surface area contributed by atoms with E-state index in [9.17, 15) is 14.0 Å². The van der Waals surface area contributed by atoms with Gasteiger partial charge < -0.3 is 10.5 Å². The number of nitrogens with two attached hydrogens (primary N) is 1. The van der Waals surface area contributed by atoms with E-state index in [0.29, 0.717) is 29.7 Å². The molecule has 1 aliphatic heterocycles. The van der Waals surface area contributed by atoms with Crippen LogP contribution in [0.3, 0.4) is 0 Å². The van der Waals surface area contributed by atoms with E-state index < -0.39 is 11.7 Å². The third kappa shape index (κ3) is 3.93. The fourth-order valence-electron chi connectivity index (χ4n) is 4.54. The van der Waals surface area contributed by atoms with Crippen molar-refractivity contribution >= 4 is 6.08 Å². The average Bonchev–Trinajstić information content (AvgIpc) is 2.74. The summed E-state index contributed by atoms with van der Waals surface area (Å²) in [6, 6.07) is 15.1. The molecule has 0 saturated carbocycles. The van der Waals surface area contributed by atoms with Crippen molar-refractivity contribution in [1.29, 1.82) is 5.26 Å². The van der Waals surface area contributed by atoms with Crippen LogP contribution in [0.15, 0.2) is 76.9 Å². The Balaban J connectivity index is 1.95. The zero-order valence-electron chi connectivity index (χ0n) is 18.5. The molecule has 2 atom stereocenters. The van der Waals surface area contributed by atoms with Gasteiger partial charge in [-0.3, -0.25) is 0 Å². The van der Waals surface area contributed by atoms with Gasteiger partial charge in [0.25, 0.3) is 0 Å². The molecular formula is C27H26F2N2O. The number of benzene rings is 2. The van der Waals surface area contributed by atoms with Gasteiger partial charge in [-0.25, -0.2) is 8.78 Å². The molecule has 0 spiro atoms. The molecule has 0 radical (unpaired) electrons. The molecule has 0 unspecified atom stereocenters. The fraction of sp³-hybridized carbons (Fsp3) is 0.296. The SMILES string of the molecule is CC(C)(C)[C@@H]1CC2=C(OC(N)=C(C#N)[C@@H]2c2ccccc2F)/C(=C/c2ccccc2F)C1. The van der Waals surface area contributed by atoms with Crippen molar-refractivity contribution in [3.05, 3.63) is 99.7 Å². The lowest BCUT2D eigenvalue weighted by Crippen LogP contribution is -2.31. The summed E-state index contributed by atoms with van der Waals surface area (Å²) in [5.41, 5.74) is 8.75. The third-order valence-electron chi connectivity index (χ3n) is 6.43. The van der Waals surface area contributed by atoms with Gasteiger partial charge in [0.1, 0.15) is 29.0 Å². The van der Waals surface area contributed by atoms with Gasteiger partial charge in [0.15, 0.2) is 0 Å². The number of halogens is 2. The predicted molar refractivity (Wildman–Crippen MR) is 121 cm³/mol. The van der Waals surface area contributed by atoms with Crippen LogP contribution in [-0.2, 0) is 4.74 Å². The van der Waals surface area contributed by atoms with Crippen LogP contribution < -0.4 is 5.73 Å². The van der Waals surface area contributed by atoms with Crippen LogP contribution in [0.25, 0.3) is 6.08 Å². The first-order valence-corrected chi connectivity index (χ1v) is 10.7. The van der Waals surface area contributed by atoms with Gasteiger partial charge in [0.2, 0.25) is 5.88 Å². The predicted octanol–water partition coefficient (Wildman–Crippen LogP) is 6.57. The molecule has 2 aromatic carbocycles. The molecule has 2 aromatic rings. The number of nitrogens with zero attached hydrogens (tertiary/aromatic N) is 1. The summed E-state index contributed by atoms with van der Waals surface area (Å²) < 4.78 is 35.3. The Bertz CT molecular complexity index is 1190. The normalized spacial score (nSPS) is 22.4. The van der Waals surface area contributed by atoms with Crippen LogP contribution >= 0.6 is 0 Å². The van der Waals surface area contributed by atoms with Crippen molar-refractivity contribution in [1.82, 2.24) is 0 Å². The maximum Gasteiger partial charge on any atom is 0.205 e. The van der Waals surface area contributed by atoms with Gasteiger partial charge in [-0.1, -0.05) is 57.2 Å². The van der Waals surface area contributed by atoms with Crippen LogP contribution in [0.4, 0.5) is 8.78 Å². The first kappa shape index (κ1) is 21.8. The van der Waals surface area contributed by atoms with E-state index in [1.165, 1.54) is 12.1 Å². The second-order valence-electron chi connectivity index (χ2n) is 9.46. The van der Waals surface area contributed by atoms with Crippen molar-refractivity contribution < 1.29 is 13.5 Å². The largest absolute Gasteiger partial charge is 0.440 e. The van der Waals surface area contributed by atoms with Crippen LogP contribution in [-0.4, -0.2) is 0 Å². The fourth-order valence-corrected chi connectivity index (χ4v) is 4.54. The topological polar surface area (TPSA) is 59.0 Å². The van der Waals surface area contributed by atoms with Gasteiger partial charge in [0, 0.05) is 11.1 Å². The lowest BCUT2D eigenvalue weighted by molar-refractivity contribution is 0.200. The first-order chi connectivity index (χ1) is 15.2. The number of ether oxygens (including phenoxy) is 1. The highest BCUT2D eigenvalue weighted by atomic mass is 19.1. The Morgan fingerprint density at radius 3 is 2.31 bits per heavy atom. The lowest BCUT2D eigenvalue weighted by Gasteiger charge is -2.41. The monoisotopic (exact) mass is 432 g/mol. The van der Waals surface area contributed by atoms with Gasteiger partial charge in [-0.15, -0.1) is 0 Å². The highest BCUT2D eigenvalue weighted by molar-refractivity contribution is 5.63. The van der Waals surface area contributed by atoms with Crippen LogP contribution in [0.5, 0.6) is 0 Å². The molecule has 0 amide bonds. The van der Waals surface area contributed by atoms with Crippen molar-refractivity contribution in [2.45, 2.75) is 39.5 Å². The average molecular weight is 433 g/mol. The molecule has 0 fully saturated rings. The highest BCUT2D eigenvalue weighted by Gasteiger charge is 2.41. The van der Waals surface area contributed by atoms with E-state index in [1.807, 2.05) is 0 Å². The number of nitriles is 1. The summed E-state index contributed by atoms with van der Waals surface area (Å²) in [4.78, 5) is 0. The molecule has 0 saturated heterocycles. The molecule has 0 bridgehead atoms. The van der Waals surface area contributed by atoms with Crippen molar-refractivity contribution in [3.63, 3.8) is 0 Å². The highest BCUT2D eigenvalue weighted by Crippen LogP contribution is 2.52. The van der Waals surface area contributed by atoms with Gasteiger partial charge in [-0.2, -0.15) is 5.26 Å². The minimum atomic E-state index is -0.640. The molecule has 32 heavy (non-hydrogen) atoms. The van der Waals surface area contributed by atoms with Crippen molar-refractivity contribution in [2.24, 2.45) is 17.1 Å². The Kier molecular flexibility index (Phi) is 5.64. The van der Waals surface area contributed by atoms with E-state index in [4.69, 9.17) is 10.5 Å². The number of hydrogen-bond donors (Lipinski definition) is 1. The molecule has 0 aromatic heterocycles. The van der Waals surface area contributed by atoms with Gasteiger partial charge in [0.05, 0.1) is 5.92 Å². The summed E-state index contributed by atoms with van der Waals surface area (Å²) >= 11 is 0. The summed E-state index contributed by atoms with van der Waals surface area (Å²) in [5, 5.41) is 9.86. The quantitative estimate of drug-likeness (QED) is 0.584. The number of hydrogen-bond acceptors (Lipinski definition) is 3. The van der Waals surface area contributed by atoms with E-state index in [1.54, 1.807) is 42.5 Å². The minimum Gasteiger partial charge on any atom is -0.440 e. The molecule has 5 heteroatoms. The second-order valence-corrected chi connectivity index (χ2v) is 9.46. The van der Waals surface area contributed by atoms with Gasteiger partial charge >= 0.3 is 0 Å². The van der Waals surface area contributed by atoms with E-state index in [2.05, 4.69) is 26.8 Å². The maximum absolute atomic E-state index is 14.9. The van der Waals surface area contributed by atoms with Crippen molar-refractivity contribution in [2.75, 3.05) is 0 Å². The summed E-state index contributed by atoms with van der Waals surface area (Å²) in [6.07, 6.45) is 3.08. The van der Waals surface area contributed by atoms with Crippen LogP contribution in [0.1, 0.15) is 50.7 Å². The smallest absolute Gasteiger partial charge is 0.205 e. The number of rotatable bonds is 2. The molecule has 1 heterocycles. The summed E-state index contributed by atoms with van der Waals surface area (Å²) in [5.74, 6) is -0.686. The molecule has 4 rings (SSSR count). The first-order valence-electron chi connectivity index (χ1n) is 10.7. The molecule has 1 aliphatic carbocycles. The van der Waals surface area contributed by atoms with E-state index in [-0.39, 0.29) is 28.6 Å². The van der Waals surface area contributed by atoms with Crippen LogP contribution in [0.2, 0.25) is 0 Å². The van der Waals surface area contributed by atoms with Gasteiger partial charge in [-0.05, 0) is 53.5 Å². The van der Waals surface area contributed by atoms with E-state index in [0.717, 1.165) is 11.1 Å². The number of allylic oxidation sites excluding steroid dienone is 3. The summed E-state index contributed by atoms with van der Waals surface area (Å²) in [6.45, 7) is 6.46. The zero-order chi connectivity index (χ0) is 23.0. The third-order valence-corrected chi connectivity index (χ3v) is 6.43. The standard InChI is InChI=1S/C27H26F2N2O/c1-27(2,3)18-13-17(12-16-8-4-6-10-22(16)28)25-20(14-18)24(21(15-30)26(31)32-25)19-9-5-7-11-23(19)29/h4-12,18,24H,13-14,31H2,1-3H3/b17-12+/t18-,24+/m0/s1. The van der Waals surface area contributed by atoms with E-state index >= 15 is 0 Å². The molecule has 2 N–H and O–H groups in total. The van der Waals surface area contributed by atoms with Crippen molar-refractivity contribution in [3.8, 4) is 6.07 Å². The molecule has 3 nitrogen and oxygen atoms in total. The summed E-state index contributed by atoms with van der Waals surface area (Å²) in [7, 11) is 0. The maximum atomic E-state index is 14.9. The minimum absolute atomic E-state index is 0.0341. The molecular weight excluding hydrogens is 406 g/mol. The Morgan fingerprint density at radius 2 is 1.69 bits per heavy atom. The second kappa shape index (κ2) is 8.27. The van der Waals surface area contributed by atoms with Crippen LogP contribution in [0, 0.1) is 34.3 Å². The zero-order valence-corrected chi connectivity index (χ0v) is 18.5. The molecule has 2 aliphatic rings. The Hall–Kier alpha value is -3.39.